The van der Waals surface area contributed by atoms with Crippen LogP contribution in [0.4, 0.5) is 0 Å². The fourth-order valence-electron chi connectivity index (χ4n) is 11.2. The number of benzene rings is 11. The van der Waals surface area contributed by atoms with Crippen molar-refractivity contribution in [1.82, 2.24) is 19.1 Å². The van der Waals surface area contributed by atoms with Crippen LogP contribution in [-0.2, 0) is 0 Å². The van der Waals surface area contributed by atoms with Crippen LogP contribution < -0.4 is 0 Å². The van der Waals surface area contributed by atoms with Crippen molar-refractivity contribution in [2.75, 3.05) is 0 Å². The summed E-state index contributed by atoms with van der Waals surface area (Å²) in [5, 5.41) is 11.3. The molecular weight excluding hydrogens is 865 g/mol. The molecule has 5 heteroatoms. The van der Waals surface area contributed by atoms with Crippen molar-refractivity contribution >= 4 is 87.2 Å². The summed E-state index contributed by atoms with van der Waals surface area (Å²) in [5.74, 6) is 0.608. The van der Waals surface area contributed by atoms with Crippen LogP contribution >= 0.6 is 0 Å². The highest BCUT2D eigenvalue weighted by Crippen LogP contribution is 2.45. The molecule has 0 aliphatic rings. The largest absolute Gasteiger partial charge is 0.438 e. The van der Waals surface area contributed by atoms with Crippen LogP contribution in [0.15, 0.2) is 247 Å². The van der Waals surface area contributed by atoms with E-state index < -0.39 is 0 Å². The van der Waals surface area contributed by atoms with Gasteiger partial charge in [0.25, 0.3) is 0 Å². The van der Waals surface area contributed by atoms with Gasteiger partial charge >= 0.3 is 0 Å². The Morgan fingerprint density at radius 2 is 0.845 bits per heavy atom. The first-order valence-electron chi connectivity index (χ1n) is 24.1. The molecule has 0 bridgehead atoms. The summed E-state index contributed by atoms with van der Waals surface area (Å²) >= 11 is 0. The van der Waals surface area contributed by atoms with E-state index in [1.54, 1.807) is 0 Å². The predicted molar refractivity (Wildman–Crippen MR) is 295 cm³/mol. The summed E-state index contributed by atoms with van der Waals surface area (Å²) in [6.45, 7) is 0. The number of hydrogen-bond acceptors (Lipinski definition) is 3. The molecule has 0 radical (unpaired) electrons. The Kier molecular flexibility index (Phi) is 8.59. The van der Waals surface area contributed by atoms with Crippen molar-refractivity contribution in [3.63, 3.8) is 0 Å². The Balaban J connectivity index is 1.01. The van der Waals surface area contributed by atoms with Gasteiger partial charge in [0.15, 0.2) is 5.82 Å². The molecule has 71 heavy (non-hydrogen) atoms. The van der Waals surface area contributed by atoms with Crippen LogP contribution in [0, 0.1) is 0 Å². The first kappa shape index (κ1) is 39.4. The van der Waals surface area contributed by atoms with E-state index in [0.717, 1.165) is 83.0 Å². The fourth-order valence-corrected chi connectivity index (χ4v) is 11.2. The van der Waals surface area contributed by atoms with E-state index in [1.807, 2.05) is 18.2 Å². The van der Waals surface area contributed by atoms with E-state index in [9.17, 15) is 0 Å². The SMILES string of the molecule is c1ccc(-c2ccc3oc4nc(-c5ccccc5)nc(-c5cc6ccccc6cc5-n5c6ccc(-c7ccc8c(c7)c7ccccc7n8-c7ccccc7)cc6c6cc7ccccc7cc65)c4c3c2)cc1. The average molecular weight is 905 g/mol. The van der Waals surface area contributed by atoms with Crippen LogP contribution in [0.3, 0.4) is 0 Å². The minimum atomic E-state index is 0.551. The molecule has 0 spiro atoms. The highest BCUT2D eigenvalue weighted by molar-refractivity contribution is 6.18. The predicted octanol–water partition coefficient (Wildman–Crippen LogP) is 17.5. The molecule has 5 nitrogen and oxygen atoms in total. The van der Waals surface area contributed by atoms with Gasteiger partial charge in [0.2, 0.25) is 5.71 Å². The molecule has 0 aliphatic carbocycles. The smallest absolute Gasteiger partial charge is 0.231 e. The molecule has 15 rings (SSSR count). The van der Waals surface area contributed by atoms with Crippen LogP contribution in [0.2, 0.25) is 0 Å². The van der Waals surface area contributed by atoms with Gasteiger partial charge in [-0.25, -0.2) is 4.98 Å². The maximum Gasteiger partial charge on any atom is 0.231 e. The zero-order valence-corrected chi connectivity index (χ0v) is 38.3. The average Bonchev–Trinajstić information content (AvgIpc) is 4.09. The van der Waals surface area contributed by atoms with E-state index >= 15 is 0 Å². The zero-order valence-electron chi connectivity index (χ0n) is 38.3. The second kappa shape index (κ2) is 15.5. The first-order chi connectivity index (χ1) is 35.2. The summed E-state index contributed by atoms with van der Waals surface area (Å²) in [6, 6.07) is 87.2. The van der Waals surface area contributed by atoms with Crippen molar-refractivity contribution in [3.05, 3.63) is 243 Å². The van der Waals surface area contributed by atoms with Crippen LogP contribution in [0.25, 0.3) is 143 Å². The number of nitrogens with zero attached hydrogens (tertiary/aromatic N) is 4. The summed E-state index contributed by atoms with van der Waals surface area (Å²) in [7, 11) is 0. The number of aromatic nitrogens is 4. The van der Waals surface area contributed by atoms with E-state index in [2.05, 4.69) is 234 Å². The zero-order chi connectivity index (χ0) is 46.6. The lowest BCUT2D eigenvalue weighted by atomic mass is 9.98. The number of furan rings is 1. The molecule has 0 unspecified atom stereocenters. The summed E-state index contributed by atoms with van der Waals surface area (Å²) in [5.41, 5.74) is 15.4. The van der Waals surface area contributed by atoms with Crippen molar-refractivity contribution < 1.29 is 4.42 Å². The van der Waals surface area contributed by atoms with Gasteiger partial charge in [0.05, 0.1) is 38.8 Å². The third-order valence-electron chi connectivity index (χ3n) is 14.5. The molecule has 0 N–H and O–H groups in total. The molecule has 4 heterocycles. The Morgan fingerprint density at radius 3 is 1.58 bits per heavy atom. The van der Waals surface area contributed by atoms with Crippen LogP contribution in [0.5, 0.6) is 0 Å². The van der Waals surface area contributed by atoms with Crippen LogP contribution in [0.1, 0.15) is 0 Å². The minimum absolute atomic E-state index is 0.551. The number of rotatable bonds is 6. The summed E-state index contributed by atoms with van der Waals surface area (Å²) < 4.78 is 11.6. The lowest BCUT2D eigenvalue weighted by Crippen LogP contribution is -2.01. The molecular formula is C66H40N4O. The Morgan fingerprint density at radius 1 is 0.324 bits per heavy atom. The van der Waals surface area contributed by atoms with E-state index in [4.69, 9.17) is 14.4 Å². The monoisotopic (exact) mass is 904 g/mol. The van der Waals surface area contributed by atoms with E-state index in [-0.39, 0.29) is 0 Å². The molecule has 15 aromatic rings. The first-order valence-corrected chi connectivity index (χ1v) is 24.1. The topological polar surface area (TPSA) is 48.8 Å². The molecule has 0 saturated carbocycles. The third-order valence-corrected chi connectivity index (χ3v) is 14.5. The van der Waals surface area contributed by atoms with E-state index in [1.165, 1.54) is 48.9 Å². The summed E-state index contributed by atoms with van der Waals surface area (Å²) in [6.07, 6.45) is 0. The van der Waals surface area contributed by atoms with Gasteiger partial charge in [-0.1, -0.05) is 164 Å². The Labute approximate surface area is 407 Å². The molecule has 4 aromatic heterocycles. The lowest BCUT2D eigenvalue weighted by Gasteiger charge is -2.17. The molecule has 0 atom stereocenters. The highest BCUT2D eigenvalue weighted by atomic mass is 16.3. The van der Waals surface area contributed by atoms with Crippen LogP contribution in [-0.4, -0.2) is 19.1 Å². The van der Waals surface area contributed by atoms with E-state index in [0.29, 0.717) is 11.5 Å². The van der Waals surface area contributed by atoms with Gasteiger partial charge in [0.1, 0.15) is 5.58 Å². The molecule has 0 fully saturated rings. The van der Waals surface area contributed by atoms with Gasteiger partial charge in [0, 0.05) is 43.7 Å². The maximum absolute atomic E-state index is 6.74. The van der Waals surface area contributed by atoms with Gasteiger partial charge in [-0.05, 0) is 123 Å². The molecule has 0 saturated heterocycles. The van der Waals surface area contributed by atoms with Crippen molar-refractivity contribution in [1.29, 1.82) is 0 Å². The third kappa shape index (κ3) is 6.20. The summed E-state index contributed by atoms with van der Waals surface area (Å²) in [4.78, 5) is 10.8. The minimum Gasteiger partial charge on any atom is -0.438 e. The normalized spacial score (nSPS) is 11.9. The number of hydrogen-bond donors (Lipinski definition) is 0. The highest BCUT2D eigenvalue weighted by Gasteiger charge is 2.25. The second-order valence-electron chi connectivity index (χ2n) is 18.5. The lowest BCUT2D eigenvalue weighted by molar-refractivity contribution is 0.653. The maximum atomic E-state index is 6.74. The Bertz CT molecular complexity index is 4620. The molecule has 0 aliphatic heterocycles. The van der Waals surface area contributed by atoms with Crippen molar-refractivity contribution in [2.45, 2.75) is 0 Å². The number of para-hydroxylation sites is 2. The molecule has 0 amide bonds. The second-order valence-corrected chi connectivity index (χ2v) is 18.5. The van der Waals surface area contributed by atoms with Crippen molar-refractivity contribution in [2.24, 2.45) is 0 Å². The Hall–Kier alpha value is -9.58. The van der Waals surface area contributed by atoms with Gasteiger partial charge in [-0.15, -0.1) is 0 Å². The molecule has 330 valence electrons. The molecule has 11 aromatic carbocycles. The van der Waals surface area contributed by atoms with Gasteiger partial charge < -0.3 is 13.6 Å². The quantitative estimate of drug-likeness (QED) is 0.167. The van der Waals surface area contributed by atoms with Gasteiger partial charge in [-0.2, -0.15) is 4.98 Å². The van der Waals surface area contributed by atoms with Gasteiger partial charge in [-0.3, -0.25) is 0 Å². The fraction of sp³-hybridized carbons (Fsp3) is 0. The number of fused-ring (bicyclic) bond motifs is 11. The standard InChI is InChI=1S/C66H40N4O/c1-4-16-41(17-5-1)47-30-33-62-56(38-47)63-64(67-65(68-66(63)71-62)42-18-6-2-7-19-42)55-37-44-21-11-13-23-46(44)40-61(55)70-59-32-29-49(36-53(59)54-34-43-20-10-12-22-45(43)39-60(54)70)48-28-31-58-52(35-48)51-26-14-15-27-57(51)69(58)50-24-8-3-9-25-50/h1-40H. The van der Waals surface area contributed by atoms with Crippen molar-refractivity contribution in [3.8, 4) is 56.3 Å².